The molecule has 108 valence electrons. The van der Waals surface area contributed by atoms with Gasteiger partial charge in [0.1, 0.15) is 0 Å². The van der Waals surface area contributed by atoms with Gasteiger partial charge in [-0.1, -0.05) is 19.9 Å². The van der Waals surface area contributed by atoms with Crippen LogP contribution in [0.5, 0.6) is 0 Å². The first kappa shape index (κ1) is 16.2. The first-order chi connectivity index (χ1) is 8.79. The molecule has 0 bridgehead atoms. The van der Waals surface area contributed by atoms with Crippen molar-refractivity contribution in [1.29, 1.82) is 0 Å². The summed E-state index contributed by atoms with van der Waals surface area (Å²) in [6.45, 7) is 12.6. The summed E-state index contributed by atoms with van der Waals surface area (Å²) in [5, 5.41) is 19.7. The Balaban J connectivity index is 3.03. The van der Waals surface area contributed by atoms with Crippen LogP contribution in [0.15, 0.2) is 6.07 Å². The summed E-state index contributed by atoms with van der Waals surface area (Å²) in [6, 6.07) is 2.22. The number of aliphatic hydroxyl groups excluding tert-OH is 2. The summed E-state index contributed by atoms with van der Waals surface area (Å²) < 4.78 is 0. The van der Waals surface area contributed by atoms with Gasteiger partial charge in [-0.25, -0.2) is 0 Å². The average molecular weight is 264 g/mol. The molecule has 0 aliphatic carbocycles. The van der Waals surface area contributed by atoms with Crippen LogP contribution in [0.25, 0.3) is 0 Å². The summed E-state index contributed by atoms with van der Waals surface area (Å²) in [4.78, 5) is 0. The van der Waals surface area contributed by atoms with Gasteiger partial charge in [-0.05, 0) is 74.3 Å². The lowest BCUT2D eigenvalue weighted by Crippen LogP contribution is -2.27. The topological polar surface area (TPSA) is 40.5 Å². The molecule has 0 saturated carbocycles. The summed E-state index contributed by atoms with van der Waals surface area (Å²) in [5.74, 6) is 0.259. The quantitative estimate of drug-likeness (QED) is 0.854. The molecule has 1 aromatic carbocycles. The van der Waals surface area contributed by atoms with E-state index in [1.807, 2.05) is 6.92 Å². The third-order valence-electron chi connectivity index (χ3n) is 4.37. The van der Waals surface area contributed by atoms with E-state index in [0.717, 1.165) is 0 Å². The van der Waals surface area contributed by atoms with Crippen LogP contribution in [0.4, 0.5) is 0 Å². The third kappa shape index (κ3) is 3.58. The van der Waals surface area contributed by atoms with Crippen LogP contribution < -0.4 is 0 Å². The van der Waals surface area contributed by atoms with Crippen LogP contribution in [-0.2, 0) is 0 Å². The zero-order valence-corrected chi connectivity index (χ0v) is 13.1. The number of hydrogen-bond acceptors (Lipinski definition) is 2. The van der Waals surface area contributed by atoms with Crippen LogP contribution in [0, 0.1) is 27.7 Å². The second-order valence-electron chi connectivity index (χ2n) is 5.85. The molecule has 0 radical (unpaired) electrons. The Labute approximate surface area is 117 Å². The van der Waals surface area contributed by atoms with E-state index < -0.39 is 12.2 Å². The van der Waals surface area contributed by atoms with Crippen molar-refractivity contribution in [3.63, 3.8) is 0 Å². The van der Waals surface area contributed by atoms with Crippen LogP contribution in [-0.4, -0.2) is 22.4 Å². The first-order valence-corrected chi connectivity index (χ1v) is 7.22. The fourth-order valence-electron chi connectivity index (χ4n) is 2.90. The standard InChI is InChI=1S/C17H28O2/c1-7-15(18)16(19)9-12(4)17-13(5)10(2)8-11(3)14(17)6/h8,12,15-16,18-19H,7,9H2,1-6H3. The molecule has 0 fully saturated rings. The molecule has 0 aliphatic heterocycles. The maximum absolute atomic E-state index is 10.0. The molecular formula is C17H28O2. The Bertz CT molecular complexity index is 411. The number of benzene rings is 1. The van der Waals surface area contributed by atoms with E-state index in [4.69, 9.17) is 0 Å². The van der Waals surface area contributed by atoms with Gasteiger partial charge in [0.2, 0.25) is 0 Å². The minimum atomic E-state index is -0.639. The number of rotatable bonds is 5. The number of aryl methyl sites for hydroxylation is 2. The monoisotopic (exact) mass is 264 g/mol. The van der Waals surface area contributed by atoms with E-state index in [1.54, 1.807) is 0 Å². The van der Waals surface area contributed by atoms with Gasteiger partial charge in [-0.3, -0.25) is 0 Å². The van der Waals surface area contributed by atoms with Gasteiger partial charge in [0.05, 0.1) is 12.2 Å². The van der Waals surface area contributed by atoms with E-state index in [0.29, 0.717) is 12.8 Å². The maximum Gasteiger partial charge on any atom is 0.0804 e. The van der Waals surface area contributed by atoms with Crippen molar-refractivity contribution < 1.29 is 10.2 Å². The Morgan fingerprint density at radius 2 is 1.42 bits per heavy atom. The maximum atomic E-state index is 10.0. The molecule has 0 heterocycles. The fourth-order valence-corrected chi connectivity index (χ4v) is 2.90. The lowest BCUT2D eigenvalue weighted by Gasteiger charge is -2.25. The van der Waals surface area contributed by atoms with Gasteiger partial charge in [-0.15, -0.1) is 0 Å². The highest BCUT2D eigenvalue weighted by Gasteiger charge is 2.21. The van der Waals surface area contributed by atoms with Gasteiger partial charge in [0.15, 0.2) is 0 Å². The summed E-state index contributed by atoms with van der Waals surface area (Å²) in [7, 11) is 0. The molecule has 0 amide bonds. The van der Waals surface area contributed by atoms with Crippen molar-refractivity contribution in [2.24, 2.45) is 0 Å². The van der Waals surface area contributed by atoms with E-state index in [-0.39, 0.29) is 5.92 Å². The first-order valence-electron chi connectivity index (χ1n) is 7.22. The molecule has 0 aromatic heterocycles. The summed E-state index contributed by atoms with van der Waals surface area (Å²) >= 11 is 0. The van der Waals surface area contributed by atoms with Crippen LogP contribution in [0.2, 0.25) is 0 Å². The second-order valence-corrected chi connectivity index (χ2v) is 5.85. The zero-order valence-electron chi connectivity index (χ0n) is 13.1. The highest BCUT2D eigenvalue weighted by molar-refractivity contribution is 5.45. The van der Waals surface area contributed by atoms with E-state index in [1.165, 1.54) is 27.8 Å². The van der Waals surface area contributed by atoms with Gasteiger partial charge >= 0.3 is 0 Å². The lowest BCUT2D eigenvalue weighted by molar-refractivity contribution is 0.00947. The highest BCUT2D eigenvalue weighted by atomic mass is 16.3. The largest absolute Gasteiger partial charge is 0.390 e. The van der Waals surface area contributed by atoms with Gasteiger partial charge in [-0.2, -0.15) is 0 Å². The molecule has 0 aliphatic rings. The zero-order chi connectivity index (χ0) is 14.7. The lowest BCUT2D eigenvalue weighted by atomic mass is 9.83. The SMILES string of the molecule is CCC(O)C(O)CC(C)c1c(C)c(C)cc(C)c1C. The van der Waals surface area contributed by atoms with Gasteiger partial charge < -0.3 is 10.2 Å². The third-order valence-corrected chi connectivity index (χ3v) is 4.37. The van der Waals surface area contributed by atoms with Crippen LogP contribution >= 0.6 is 0 Å². The van der Waals surface area contributed by atoms with E-state index in [9.17, 15) is 10.2 Å². The molecule has 2 heteroatoms. The second kappa shape index (κ2) is 6.53. The molecule has 2 N–H and O–H groups in total. The molecule has 3 atom stereocenters. The Morgan fingerprint density at radius 1 is 0.947 bits per heavy atom. The van der Waals surface area contributed by atoms with Crippen molar-refractivity contribution in [3.05, 3.63) is 33.9 Å². The Hall–Kier alpha value is -0.860. The van der Waals surface area contributed by atoms with Crippen LogP contribution in [0.3, 0.4) is 0 Å². The van der Waals surface area contributed by atoms with Crippen molar-refractivity contribution in [2.45, 2.75) is 72.5 Å². The molecule has 0 saturated heterocycles. The summed E-state index contributed by atoms with van der Waals surface area (Å²) in [5.41, 5.74) is 6.56. The number of hydrogen-bond donors (Lipinski definition) is 2. The van der Waals surface area contributed by atoms with Gasteiger partial charge in [0.25, 0.3) is 0 Å². The molecule has 0 spiro atoms. The van der Waals surface area contributed by atoms with E-state index in [2.05, 4.69) is 40.7 Å². The van der Waals surface area contributed by atoms with Gasteiger partial charge in [0, 0.05) is 0 Å². The molecule has 1 rings (SSSR count). The van der Waals surface area contributed by atoms with Crippen molar-refractivity contribution in [2.75, 3.05) is 0 Å². The molecular weight excluding hydrogens is 236 g/mol. The van der Waals surface area contributed by atoms with Crippen molar-refractivity contribution >= 4 is 0 Å². The minimum absolute atomic E-state index is 0.259. The molecule has 1 aromatic rings. The van der Waals surface area contributed by atoms with Crippen molar-refractivity contribution in [3.8, 4) is 0 Å². The number of aliphatic hydroxyl groups is 2. The average Bonchev–Trinajstić information content (AvgIpc) is 2.35. The summed E-state index contributed by atoms with van der Waals surface area (Å²) in [6.07, 6.45) is -0.0493. The molecule has 2 nitrogen and oxygen atoms in total. The Kier molecular flexibility index (Phi) is 5.57. The highest BCUT2D eigenvalue weighted by Crippen LogP contribution is 2.31. The minimum Gasteiger partial charge on any atom is -0.390 e. The van der Waals surface area contributed by atoms with E-state index >= 15 is 0 Å². The van der Waals surface area contributed by atoms with Crippen molar-refractivity contribution in [1.82, 2.24) is 0 Å². The Morgan fingerprint density at radius 3 is 1.84 bits per heavy atom. The molecule has 19 heavy (non-hydrogen) atoms. The predicted octanol–water partition coefficient (Wildman–Crippen LogP) is 3.55. The van der Waals surface area contributed by atoms with Crippen LogP contribution in [0.1, 0.15) is 60.4 Å². The smallest absolute Gasteiger partial charge is 0.0804 e. The molecule has 3 unspecified atom stereocenters. The fraction of sp³-hybridized carbons (Fsp3) is 0.647. The predicted molar refractivity (Wildman–Crippen MR) is 80.7 cm³/mol. The normalized spacial score (nSPS) is 16.2.